The second kappa shape index (κ2) is 7.77. The van der Waals surface area contributed by atoms with Crippen molar-refractivity contribution in [2.45, 2.75) is 34.3 Å². The van der Waals surface area contributed by atoms with Crippen LogP contribution in [0.15, 0.2) is 119 Å². The topological polar surface area (TPSA) is 231 Å². The molecule has 9 heterocycles. The van der Waals surface area contributed by atoms with Gasteiger partial charge in [-0.3, -0.25) is 0 Å². The second-order valence-corrected chi connectivity index (χ2v) is 20.1. The van der Waals surface area contributed by atoms with E-state index in [0.29, 0.717) is 16.5 Å². The number of aromatic nitrogens is 2. The molecule has 4 aromatic carbocycles. The Morgan fingerprint density at radius 3 is 1.67 bits per heavy atom. The Hall–Kier alpha value is -5.96. The van der Waals surface area contributed by atoms with Crippen LogP contribution in [0.3, 0.4) is 0 Å². The maximum absolute atomic E-state index is 15.5. The number of rotatable bonds is 0. The van der Waals surface area contributed by atoms with Gasteiger partial charge in [0.1, 0.15) is 41.0 Å². The molecule has 6 aromatic rings. The number of benzene rings is 4. The molecule has 0 aliphatic carbocycles. The lowest BCUT2D eigenvalue weighted by atomic mass is 10.1. The van der Waals surface area contributed by atoms with Gasteiger partial charge in [-0.05, 0) is 6.07 Å². The standard InChI is InChI=1S/C32H10N8O8S4/c41-49(42)15-9-14-16-20(19(15)49)50(43,44)21-17-18-22(24-23(21)51(24,45)46)52(47,48)40-31-12-7-3-4-8-13(12)32(40)39-27(14)35-28(16)36-29(17)37-30(18)34-25-10-5-1-2-6-11(10)26(33-25)38-31/h1-9H,(H,33,34,35,36,37,38,39). The molecule has 13 rings (SSSR count). The minimum atomic E-state index is -5.09. The fraction of sp³-hybridized carbons (Fsp3) is 0. The predicted octanol–water partition coefficient (Wildman–Crippen LogP) is 1.74. The van der Waals surface area contributed by atoms with E-state index in [9.17, 15) is 16.8 Å². The Balaban J connectivity index is 1.42. The molecule has 0 radical (unpaired) electrons. The fourth-order valence-corrected chi connectivity index (χ4v) is 16.6. The molecular formula is C32H10N8O8S4. The van der Waals surface area contributed by atoms with E-state index in [2.05, 4.69) is 15.0 Å². The molecule has 7 aliphatic heterocycles. The Kier molecular flexibility index (Phi) is 4.14. The molecule has 0 unspecified atom stereocenters. The Labute approximate surface area is 289 Å². The molecular weight excluding hydrogens is 753 g/mol. The molecule has 52 heavy (non-hydrogen) atoms. The summed E-state index contributed by atoms with van der Waals surface area (Å²) in [5.41, 5.74) is 0.392. The summed E-state index contributed by atoms with van der Waals surface area (Å²) >= 11 is 0. The van der Waals surface area contributed by atoms with Gasteiger partial charge in [0.15, 0.2) is 34.3 Å². The molecule has 0 saturated carbocycles. The molecule has 7 aliphatic rings. The first kappa shape index (κ1) is 27.7. The van der Waals surface area contributed by atoms with Gasteiger partial charge in [0, 0.05) is 27.5 Å². The highest BCUT2D eigenvalue weighted by Crippen LogP contribution is 2.61. The second-order valence-electron chi connectivity index (χ2n) is 12.8. The number of nitrogens with zero attached hydrogens (tertiary/aromatic N) is 7. The number of H-pyrrole nitrogens is 1. The number of sulfone groups is 3. The van der Waals surface area contributed by atoms with Crippen molar-refractivity contribution >= 4 is 96.1 Å². The summed E-state index contributed by atoms with van der Waals surface area (Å²) in [4.78, 5) is 26.6. The molecule has 0 spiro atoms. The third-order valence-electron chi connectivity index (χ3n) is 10.2. The normalized spacial score (nSPS) is 20.8. The molecule has 0 saturated heterocycles. The van der Waals surface area contributed by atoms with Gasteiger partial charge in [0.2, 0.25) is 29.5 Å². The van der Waals surface area contributed by atoms with E-state index < -0.39 is 79.7 Å². The van der Waals surface area contributed by atoms with Gasteiger partial charge < -0.3 is 4.98 Å². The van der Waals surface area contributed by atoms with Gasteiger partial charge >= 0.3 is 0 Å². The number of nitrogens with one attached hydrogen (secondary N) is 1. The molecule has 250 valence electrons. The number of hydrogen-bond donors (Lipinski definition) is 1. The van der Waals surface area contributed by atoms with Crippen molar-refractivity contribution in [1.82, 2.24) is 8.96 Å². The zero-order chi connectivity index (χ0) is 35.2. The van der Waals surface area contributed by atoms with Crippen LogP contribution in [-0.4, -0.2) is 66.0 Å². The number of aliphatic imine (C=N–C) groups is 4. The lowest BCUT2D eigenvalue weighted by molar-refractivity contribution is 0.580. The average molecular weight is 763 g/mol. The fourth-order valence-electron chi connectivity index (χ4n) is 8.02. The van der Waals surface area contributed by atoms with E-state index in [4.69, 9.17) is 20.0 Å². The van der Waals surface area contributed by atoms with E-state index in [1.54, 1.807) is 48.5 Å². The van der Waals surface area contributed by atoms with Gasteiger partial charge in [0.25, 0.3) is 10.0 Å². The summed E-state index contributed by atoms with van der Waals surface area (Å²) in [6.45, 7) is 0. The van der Waals surface area contributed by atoms with Gasteiger partial charge in [0.05, 0.1) is 21.2 Å². The Morgan fingerprint density at radius 1 is 0.481 bits per heavy atom. The van der Waals surface area contributed by atoms with Crippen LogP contribution in [0.4, 0.5) is 11.6 Å². The number of hydrogen-bond acceptors (Lipinski definition) is 14. The summed E-state index contributed by atoms with van der Waals surface area (Å²) < 4.78 is 117. The lowest BCUT2D eigenvalue weighted by Crippen LogP contribution is -2.35. The zero-order valence-corrected chi connectivity index (χ0v) is 28.5. The number of aromatic amines is 1. The van der Waals surface area contributed by atoms with E-state index in [0.717, 1.165) is 3.97 Å². The first-order chi connectivity index (χ1) is 24.8. The van der Waals surface area contributed by atoms with Crippen LogP contribution in [0.5, 0.6) is 0 Å². The summed E-state index contributed by atoms with van der Waals surface area (Å²) in [6.07, 6.45) is 0. The maximum atomic E-state index is 15.5. The molecule has 2 aromatic heterocycles. The third-order valence-corrected chi connectivity index (χ3v) is 17.6. The van der Waals surface area contributed by atoms with E-state index in [1.165, 1.54) is 6.07 Å². The van der Waals surface area contributed by atoms with Gasteiger partial charge in [-0.25, -0.2) is 63.6 Å². The van der Waals surface area contributed by atoms with Crippen LogP contribution < -0.4 is 11.0 Å². The quantitative estimate of drug-likeness (QED) is 0.223. The molecule has 0 atom stereocenters. The highest BCUT2D eigenvalue weighted by atomic mass is 32.2. The first-order valence-corrected chi connectivity index (χ1v) is 21.2. The Bertz CT molecular complexity index is 3800. The van der Waals surface area contributed by atoms with Gasteiger partial charge in [-0.15, -0.1) is 0 Å². The van der Waals surface area contributed by atoms with Crippen LogP contribution in [0, 0.1) is 0 Å². The smallest absolute Gasteiger partial charge is 0.273 e. The van der Waals surface area contributed by atoms with Crippen LogP contribution in [0.2, 0.25) is 0 Å². The highest BCUT2D eigenvalue weighted by molar-refractivity contribution is 8.01. The monoisotopic (exact) mass is 762 g/mol. The van der Waals surface area contributed by atoms with Crippen LogP contribution >= 0.6 is 0 Å². The number of fused-ring (bicyclic) bond motifs is 12. The molecule has 20 heteroatoms. The summed E-state index contributed by atoms with van der Waals surface area (Å²) in [5, 5.41) is -0.222. The van der Waals surface area contributed by atoms with Crippen LogP contribution in [-0.2, 0) is 39.5 Å². The van der Waals surface area contributed by atoms with Crippen LogP contribution in [0.1, 0.15) is 22.3 Å². The summed E-state index contributed by atoms with van der Waals surface area (Å²) in [5.74, 6) is -0.761. The molecule has 0 amide bonds. The molecule has 0 fully saturated rings. The van der Waals surface area contributed by atoms with Crippen molar-refractivity contribution in [2.75, 3.05) is 0 Å². The minimum Gasteiger partial charge on any atom is -0.324 e. The van der Waals surface area contributed by atoms with Crippen molar-refractivity contribution in [3.05, 3.63) is 87.8 Å². The summed E-state index contributed by atoms with van der Waals surface area (Å²) in [6, 6.07) is 14.8. The molecule has 9 bridgehead atoms. The van der Waals surface area contributed by atoms with Gasteiger partial charge in [-0.2, -0.15) is 3.97 Å². The van der Waals surface area contributed by atoms with Crippen molar-refractivity contribution < 1.29 is 33.7 Å². The van der Waals surface area contributed by atoms with Crippen molar-refractivity contribution in [3.8, 4) is 0 Å². The molecule has 16 nitrogen and oxygen atoms in total. The van der Waals surface area contributed by atoms with E-state index in [1.807, 2.05) is 0 Å². The van der Waals surface area contributed by atoms with Gasteiger partial charge in [-0.1, -0.05) is 48.5 Å². The lowest BCUT2D eigenvalue weighted by Gasteiger charge is -2.13. The van der Waals surface area contributed by atoms with E-state index >= 15 is 16.8 Å². The van der Waals surface area contributed by atoms with Crippen molar-refractivity contribution in [2.24, 2.45) is 30.0 Å². The van der Waals surface area contributed by atoms with Crippen molar-refractivity contribution in [3.63, 3.8) is 0 Å². The predicted molar refractivity (Wildman–Crippen MR) is 180 cm³/mol. The average Bonchev–Trinajstić information content (AvgIpc) is 3.48. The largest absolute Gasteiger partial charge is 0.324 e. The van der Waals surface area contributed by atoms with Crippen LogP contribution in [0.25, 0.3) is 21.5 Å². The Morgan fingerprint density at radius 2 is 1.00 bits per heavy atom. The SMILES string of the molecule is O=S1(=O)c2cc3c4c(c21)S(=O)(=O)c1c2c(c5c6c7[nH]c(c16)N=C4N=C3N=c1c3ccccc3c(n1S5(=O)=O)=NC1=NC(=N7)c3ccccc31)S2(=O)=O. The van der Waals surface area contributed by atoms with E-state index in [-0.39, 0.29) is 67.4 Å². The third kappa shape index (κ3) is 2.76. The summed E-state index contributed by atoms with van der Waals surface area (Å²) in [7, 11) is -19.1. The highest BCUT2D eigenvalue weighted by Gasteiger charge is 2.58. The zero-order valence-electron chi connectivity index (χ0n) is 25.2. The first-order valence-electron chi connectivity index (χ1n) is 15.3. The molecule has 1 N–H and O–H groups in total. The minimum absolute atomic E-state index is 0.0443. The number of amidine groups is 4. The van der Waals surface area contributed by atoms with Crippen molar-refractivity contribution in [1.29, 1.82) is 0 Å². The maximum Gasteiger partial charge on any atom is 0.273 e.